The Kier molecular flexibility index (Phi) is 5.62. The lowest BCUT2D eigenvalue weighted by molar-refractivity contribution is -0.154. The zero-order valence-corrected chi connectivity index (χ0v) is 13.1. The van der Waals surface area contributed by atoms with Gasteiger partial charge in [0.2, 0.25) is 5.91 Å². The molecule has 0 bridgehead atoms. The lowest BCUT2D eigenvalue weighted by Crippen LogP contribution is -2.46. The smallest absolute Gasteiger partial charge is 0.309 e. The van der Waals surface area contributed by atoms with Crippen molar-refractivity contribution in [3.8, 4) is 0 Å². The number of nitrogens with one attached hydrogen (secondary N) is 1. The predicted molar refractivity (Wildman–Crippen MR) is 81.0 cm³/mol. The Morgan fingerprint density at radius 2 is 1.86 bits per heavy atom. The van der Waals surface area contributed by atoms with Crippen molar-refractivity contribution in [3.05, 3.63) is 0 Å². The molecule has 2 rings (SSSR count). The van der Waals surface area contributed by atoms with Crippen molar-refractivity contribution in [2.24, 2.45) is 11.3 Å². The Balaban J connectivity index is 1.76. The van der Waals surface area contributed by atoms with E-state index in [2.05, 4.69) is 5.32 Å². The van der Waals surface area contributed by atoms with Crippen LogP contribution in [0.1, 0.15) is 51.9 Å². The number of aliphatic carboxylic acids is 1. The molecule has 0 saturated carbocycles. The molecule has 0 aliphatic carbocycles. The minimum Gasteiger partial charge on any atom is -0.481 e. The quantitative estimate of drug-likeness (QED) is 0.812. The van der Waals surface area contributed by atoms with E-state index in [9.17, 15) is 14.7 Å². The SMILES string of the molecule is CCC1(C(=O)O)CCN(C(=O)CCC2CCNCC2)CC1. The van der Waals surface area contributed by atoms with Gasteiger partial charge < -0.3 is 15.3 Å². The number of amides is 1. The number of likely N-dealkylation sites (tertiary alicyclic amines) is 1. The Bertz CT molecular complexity index is 370. The summed E-state index contributed by atoms with van der Waals surface area (Å²) in [6.07, 6.45) is 5.79. The van der Waals surface area contributed by atoms with Crippen LogP contribution in [-0.2, 0) is 9.59 Å². The van der Waals surface area contributed by atoms with Gasteiger partial charge in [0.25, 0.3) is 0 Å². The molecule has 2 N–H and O–H groups in total. The van der Waals surface area contributed by atoms with Crippen molar-refractivity contribution >= 4 is 11.9 Å². The topological polar surface area (TPSA) is 69.6 Å². The molecule has 0 aromatic carbocycles. The first-order valence-corrected chi connectivity index (χ1v) is 8.29. The molecule has 2 saturated heterocycles. The van der Waals surface area contributed by atoms with E-state index in [0.717, 1.165) is 19.5 Å². The van der Waals surface area contributed by atoms with Gasteiger partial charge in [-0.15, -0.1) is 0 Å². The van der Waals surface area contributed by atoms with E-state index in [1.54, 1.807) is 0 Å². The van der Waals surface area contributed by atoms with E-state index in [1.807, 2.05) is 11.8 Å². The molecule has 2 aliphatic rings. The predicted octanol–water partition coefficient (Wildman–Crippen LogP) is 1.87. The maximum atomic E-state index is 12.3. The second kappa shape index (κ2) is 7.25. The Labute approximate surface area is 127 Å². The highest BCUT2D eigenvalue weighted by molar-refractivity contribution is 5.78. The molecule has 0 spiro atoms. The molecule has 5 heteroatoms. The van der Waals surface area contributed by atoms with Gasteiger partial charge >= 0.3 is 5.97 Å². The van der Waals surface area contributed by atoms with E-state index in [-0.39, 0.29) is 5.91 Å². The summed E-state index contributed by atoms with van der Waals surface area (Å²) in [6.45, 7) is 5.28. The third kappa shape index (κ3) is 3.96. The van der Waals surface area contributed by atoms with Crippen LogP contribution in [0.3, 0.4) is 0 Å². The van der Waals surface area contributed by atoms with Crippen LogP contribution < -0.4 is 5.32 Å². The Morgan fingerprint density at radius 1 is 1.24 bits per heavy atom. The average molecular weight is 296 g/mol. The molecular formula is C16H28N2O3. The maximum Gasteiger partial charge on any atom is 0.309 e. The number of carboxylic acid groups (broad SMARTS) is 1. The van der Waals surface area contributed by atoms with Crippen molar-refractivity contribution in [1.82, 2.24) is 10.2 Å². The normalized spacial score (nSPS) is 23.0. The van der Waals surface area contributed by atoms with Crippen LogP contribution >= 0.6 is 0 Å². The minimum absolute atomic E-state index is 0.212. The largest absolute Gasteiger partial charge is 0.481 e. The molecule has 120 valence electrons. The van der Waals surface area contributed by atoms with Crippen molar-refractivity contribution < 1.29 is 14.7 Å². The Hall–Kier alpha value is -1.10. The van der Waals surface area contributed by atoms with Crippen LogP contribution in [0.25, 0.3) is 0 Å². The summed E-state index contributed by atoms with van der Waals surface area (Å²) in [5, 5.41) is 12.7. The fraction of sp³-hybridized carbons (Fsp3) is 0.875. The van der Waals surface area contributed by atoms with Crippen LogP contribution in [0.5, 0.6) is 0 Å². The molecule has 5 nitrogen and oxygen atoms in total. The van der Waals surface area contributed by atoms with Gasteiger partial charge in [-0.1, -0.05) is 6.92 Å². The molecule has 0 unspecified atom stereocenters. The third-order valence-corrected chi connectivity index (χ3v) is 5.43. The lowest BCUT2D eigenvalue weighted by Gasteiger charge is -2.38. The lowest BCUT2D eigenvalue weighted by atomic mass is 9.76. The van der Waals surface area contributed by atoms with Crippen LogP contribution in [0.4, 0.5) is 0 Å². The molecular weight excluding hydrogens is 268 g/mol. The molecule has 2 aliphatic heterocycles. The number of carboxylic acids is 1. The van der Waals surface area contributed by atoms with Crippen molar-refractivity contribution in [2.45, 2.75) is 51.9 Å². The first kappa shape index (κ1) is 16.3. The fourth-order valence-electron chi connectivity index (χ4n) is 3.56. The summed E-state index contributed by atoms with van der Waals surface area (Å²) >= 11 is 0. The van der Waals surface area contributed by atoms with E-state index in [0.29, 0.717) is 44.7 Å². The number of nitrogens with zero attached hydrogens (tertiary/aromatic N) is 1. The molecule has 0 aromatic rings. The first-order valence-electron chi connectivity index (χ1n) is 8.29. The summed E-state index contributed by atoms with van der Waals surface area (Å²) in [6, 6.07) is 0. The second-order valence-corrected chi connectivity index (χ2v) is 6.55. The summed E-state index contributed by atoms with van der Waals surface area (Å²) < 4.78 is 0. The zero-order valence-electron chi connectivity index (χ0n) is 13.1. The second-order valence-electron chi connectivity index (χ2n) is 6.55. The van der Waals surface area contributed by atoms with E-state index >= 15 is 0 Å². The third-order valence-electron chi connectivity index (χ3n) is 5.43. The molecule has 21 heavy (non-hydrogen) atoms. The van der Waals surface area contributed by atoms with Gasteiger partial charge in [-0.25, -0.2) is 0 Å². The highest BCUT2D eigenvalue weighted by atomic mass is 16.4. The van der Waals surface area contributed by atoms with Gasteiger partial charge in [0.1, 0.15) is 0 Å². The minimum atomic E-state index is -0.702. The molecule has 1 amide bonds. The summed E-state index contributed by atoms with van der Waals surface area (Å²) in [5.41, 5.74) is -0.605. The van der Waals surface area contributed by atoms with Crippen molar-refractivity contribution in [1.29, 1.82) is 0 Å². The van der Waals surface area contributed by atoms with Crippen LogP contribution in [-0.4, -0.2) is 48.1 Å². The van der Waals surface area contributed by atoms with E-state index in [4.69, 9.17) is 0 Å². The molecule has 2 heterocycles. The zero-order chi connectivity index (χ0) is 15.3. The van der Waals surface area contributed by atoms with Gasteiger partial charge in [0.05, 0.1) is 5.41 Å². The fourth-order valence-corrected chi connectivity index (χ4v) is 3.56. The number of carbonyl (C=O) groups excluding carboxylic acids is 1. The van der Waals surface area contributed by atoms with Gasteiger partial charge in [-0.3, -0.25) is 9.59 Å². The number of carbonyl (C=O) groups is 2. The van der Waals surface area contributed by atoms with E-state index < -0.39 is 11.4 Å². The van der Waals surface area contributed by atoms with Gasteiger partial charge in [-0.05, 0) is 57.5 Å². The first-order chi connectivity index (χ1) is 10.1. The van der Waals surface area contributed by atoms with Gasteiger partial charge in [0.15, 0.2) is 0 Å². The molecule has 0 radical (unpaired) electrons. The standard InChI is InChI=1S/C16H28N2O3/c1-2-16(15(20)21)7-11-18(12-8-16)14(19)4-3-13-5-9-17-10-6-13/h13,17H,2-12H2,1H3,(H,20,21). The number of hydrogen-bond donors (Lipinski definition) is 2. The molecule has 2 fully saturated rings. The van der Waals surface area contributed by atoms with Crippen molar-refractivity contribution in [2.75, 3.05) is 26.2 Å². The summed E-state index contributed by atoms with van der Waals surface area (Å²) in [4.78, 5) is 25.6. The van der Waals surface area contributed by atoms with Crippen LogP contribution in [0, 0.1) is 11.3 Å². The number of rotatable bonds is 5. The van der Waals surface area contributed by atoms with Crippen molar-refractivity contribution in [3.63, 3.8) is 0 Å². The number of hydrogen-bond acceptors (Lipinski definition) is 3. The summed E-state index contributed by atoms with van der Waals surface area (Å²) in [7, 11) is 0. The highest BCUT2D eigenvalue weighted by Crippen LogP contribution is 2.35. The molecule has 0 aromatic heterocycles. The van der Waals surface area contributed by atoms with Gasteiger partial charge in [-0.2, -0.15) is 0 Å². The Morgan fingerprint density at radius 3 is 2.38 bits per heavy atom. The van der Waals surface area contributed by atoms with E-state index in [1.165, 1.54) is 12.8 Å². The molecule has 0 atom stereocenters. The maximum absolute atomic E-state index is 12.3. The van der Waals surface area contributed by atoms with Crippen LogP contribution in [0.15, 0.2) is 0 Å². The van der Waals surface area contributed by atoms with Crippen LogP contribution in [0.2, 0.25) is 0 Å². The average Bonchev–Trinajstić information content (AvgIpc) is 2.53. The number of piperidine rings is 2. The monoisotopic (exact) mass is 296 g/mol. The van der Waals surface area contributed by atoms with Gasteiger partial charge in [0, 0.05) is 19.5 Å². The highest BCUT2D eigenvalue weighted by Gasteiger charge is 2.40. The summed E-state index contributed by atoms with van der Waals surface area (Å²) in [5.74, 6) is 0.184.